The van der Waals surface area contributed by atoms with Gasteiger partial charge in [-0.05, 0) is 19.1 Å². The summed E-state index contributed by atoms with van der Waals surface area (Å²) < 4.78 is 28.0. The molecule has 0 aliphatic heterocycles. The van der Waals surface area contributed by atoms with Crippen molar-refractivity contribution in [2.24, 2.45) is 0 Å². The van der Waals surface area contributed by atoms with Crippen LogP contribution in [0.15, 0.2) is 30.0 Å². The predicted molar refractivity (Wildman–Crippen MR) is 59.4 cm³/mol. The van der Waals surface area contributed by atoms with Crippen molar-refractivity contribution in [3.63, 3.8) is 0 Å². The molecule has 0 aromatic heterocycles. The molecule has 0 spiro atoms. The second-order valence-electron chi connectivity index (χ2n) is 3.15. The third-order valence-electron chi connectivity index (χ3n) is 1.94. The molecule has 0 unspecified atom stereocenters. The van der Waals surface area contributed by atoms with Gasteiger partial charge >= 0.3 is 5.97 Å². The van der Waals surface area contributed by atoms with Gasteiger partial charge in [0, 0.05) is 0 Å². The summed E-state index contributed by atoms with van der Waals surface area (Å²) in [6.07, 6.45) is 1.12. The Kier molecular flexibility index (Phi) is 4.51. The van der Waals surface area contributed by atoms with Gasteiger partial charge in [0.05, 0.1) is 20.3 Å². The van der Waals surface area contributed by atoms with Crippen molar-refractivity contribution in [1.82, 2.24) is 0 Å². The second-order valence-corrected chi connectivity index (χ2v) is 3.15. The van der Waals surface area contributed by atoms with E-state index in [1.54, 1.807) is 6.07 Å². The Morgan fingerprint density at radius 2 is 1.94 bits per heavy atom. The Hall–Kier alpha value is -2.04. The molecule has 5 heteroatoms. The molecule has 92 valence electrons. The first-order valence-electron chi connectivity index (χ1n) is 4.85. The summed E-state index contributed by atoms with van der Waals surface area (Å²) in [5, 5.41) is 0. The van der Waals surface area contributed by atoms with Crippen LogP contribution < -0.4 is 9.47 Å². The Morgan fingerprint density at radius 1 is 1.29 bits per heavy atom. The van der Waals surface area contributed by atoms with E-state index in [-0.39, 0.29) is 17.3 Å². The highest BCUT2D eigenvalue weighted by Gasteiger charge is 2.10. The smallest absolute Gasteiger partial charge is 0.333 e. The molecule has 0 aliphatic carbocycles. The number of carbonyl (C=O) groups excluding carboxylic acids is 1. The second kappa shape index (κ2) is 5.89. The molecule has 0 amide bonds. The van der Waals surface area contributed by atoms with Crippen molar-refractivity contribution in [2.75, 3.05) is 14.2 Å². The zero-order chi connectivity index (χ0) is 12.8. The Balaban J connectivity index is 2.89. The predicted octanol–water partition coefficient (Wildman–Crippen LogP) is 2.29. The van der Waals surface area contributed by atoms with Crippen molar-refractivity contribution < 1.29 is 23.4 Å². The highest BCUT2D eigenvalue weighted by Crippen LogP contribution is 2.27. The average Bonchev–Trinajstić information content (AvgIpc) is 2.31. The highest BCUT2D eigenvalue weighted by atomic mass is 19.1. The molecule has 17 heavy (non-hydrogen) atoms. The lowest BCUT2D eigenvalue weighted by Crippen LogP contribution is -2.01. The molecule has 0 saturated heterocycles. The number of halogens is 1. The van der Waals surface area contributed by atoms with Gasteiger partial charge in [0.1, 0.15) is 5.76 Å². The molecule has 1 aromatic rings. The molecule has 0 fully saturated rings. The third kappa shape index (κ3) is 3.48. The van der Waals surface area contributed by atoms with E-state index in [2.05, 4.69) is 4.74 Å². The number of esters is 1. The number of allylic oxidation sites excluding steroid dienone is 1. The van der Waals surface area contributed by atoms with Crippen molar-refractivity contribution in [1.29, 1.82) is 0 Å². The number of carbonyl (C=O) groups is 1. The minimum atomic E-state index is -0.618. The van der Waals surface area contributed by atoms with Crippen LogP contribution in [-0.4, -0.2) is 20.2 Å². The Morgan fingerprint density at radius 3 is 2.53 bits per heavy atom. The maximum atomic E-state index is 13.7. The van der Waals surface area contributed by atoms with E-state index in [1.165, 1.54) is 33.3 Å². The van der Waals surface area contributed by atoms with E-state index in [9.17, 15) is 9.18 Å². The molecule has 4 nitrogen and oxygen atoms in total. The number of ether oxygens (including phenoxy) is 3. The normalized spacial score (nSPS) is 10.9. The largest absolute Gasteiger partial charge is 0.494 e. The molecule has 0 saturated carbocycles. The van der Waals surface area contributed by atoms with E-state index in [0.29, 0.717) is 0 Å². The molecular formula is C12H13FO4. The Labute approximate surface area is 98.6 Å². The molecular weight excluding hydrogens is 227 g/mol. The zero-order valence-corrected chi connectivity index (χ0v) is 9.82. The van der Waals surface area contributed by atoms with Crippen LogP contribution in [0.1, 0.15) is 6.92 Å². The Bertz CT molecular complexity index is 440. The quantitative estimate of drug-likeness (QED) is 0.460. The minimum absolute atomic E-state index is 0.0120. The number of methoxy groups -OCH3 is 2. The summed E-state index contributed by atoms with van der Waals surface area (Å²) in [6.45, 7) is 1.52. The summed E-state index contributed by atoms with van der Waals surface area (Å²) >= 11 is 0. The summed E-state index contributed by atoms with van der Waals surface area (Å²) in [6, 6.07) is 4.50. The van der Waals surface area contributed by atoms with Gasteiger partial charge in [-0.25, -0.2) is 4.79 Å². The zero-order valence-electron chi connectivity index (χ0n) is 9.82. The van der Waals surface area contributed by atoms with Crippen molar-refractivity contribution in [2.45, 2.75) is 6.92 Å². The molecule has 0 heterocycles. The fourth-order valence-electron chi connectivity index (χ4n) is 1.15. The van der Waals surface area contributed by atoms with Gasteiger partial charge in [0.15, 0.2) is 11.5 Å². The molecule has 0 N–H and O–H groups in total. The topological polar surface area (TPSA) is 44.8 Å². The van der Waals surface area contributed by atoms with E-state index in [0.717, 1.165) is 6.08 Å². The first-order chi connectivity index (χ1) is 8.08. The SMILES string of the molecule is COC(=O)/C=C(\C)Oc1cccc(OC)c1F. The van der Waals surface area contributed by atoms with Crippen LogP contribution >= 0.6 is 0 Å². The molecule has 0 atom stereocenters. The minimum Gasteiger partial charge on any atom is -0.494 e. The maximum Gasteiger partial charge on any atom is 0.333 e. The first kappa shape index (κ1) is 13.0. The summed E-state index contributed by atoms with van der Waals surface area (Å²) in [5.41, 5.74) is 0. The third-order valence-corrected chi connectivity index (χ3v) is 1.94. The van der Waals surface area contributed by atoms with Crippen molar-refractivity contribution in [3.8, 4) is 11.5 Å². The van der Waals surface area contributed by atoms with E-state index < -0.39 is 11.8 Å². The van der Waals surface area contributed by atoms with E-state index >= 15 is 0 Å². The lowest BCUT2D eigenvalue weighted by molar-refractivity contribution is -0.135. The van der Waals surface area contributed by atoms with Crippen LogP contribution in [0.5, 0.6) is 11.5 Å². The number of hydrogen-bond donors (Lipinski definition) is 0. The van der Waals surface area contributed by atoms with Gasteiger partial charge < -0.3 is 14.2 Å². The summed E-state index contributed by atoms with van der Waals surface area (Å²) in [4.78, 5) is 10.9. The fraction of sp³-hybridized carbons (Fsp3) is 0.250. The van der Waals surface area contributed by atoms with Gasteiger partial charge in [-0.3, -0.25) is 0 Å². The molecule has 1 aromatic carbocycles. The lowest BCUT2D eigenvalue weighted by atomic mass is 10.3. The summed E-state index contributed by atoms with van der Waals surface area (Å²) in [5.74, 6) is -0.891. The molecule has 0 bridgehead atoms. The van der Waals surface area contributed by atoms with Crippen LogP contribution in [0.4, 0.5) is 4.39 Å². The van der Waals surface area contributed by atoms with Crippen LogP contribution in [0.2, 0.25) is 0 Å². The number of benzene rings is 1. The first-order valence-corrected chi connectivity index (χ1v) is 4.85. The van der Waals surface area contributed by atoms with Crippen LogP contribution in [-0.2, 0) is 9.53 Å². The highest BCUT2D eigenvalue weighted by molar-refractivity contribution is 5.82. The van der Waals surface area contributed by atoms with E-state index in [1.807, 2.05) is 0 Å². The van der Waals surface area contributed by atoms with Gasteiger partial charge in [0.2, 0.25) is 5.82 Å². The van der Waals surface area contributed by atoms with Crippen molar-refractivity contribution >= 4 is 5.97 Å². The van der Waals surface area contributed by atoms with Crippen LogP contribution in [0.25, 0.3) is 0 Å². The monoisotopic (exact) mass is 240 g/mol. The number of hydrogen-bond acceptors (Lipinski definition) is 4. The summed E-state index contributed by atoms with van der Waals surface area (Å²) in [7, 11) is 2.61. The molecule has 1 rings (SSSR count). The standard InChI is InChI=1S/C12H13FO4/c1-8(7-11(14)16-3)17-10-6-4-5-9(15-2)12(10)13/h4-7H,1-3H3/b8-7+. The molecule has 0 radical (unpaired) electrons. The van der Waals surface area contributed by atoms with Gasteiger partial charge in [-0.15, -0.1) is 0 Å². The maximum absolute atomic E-state index is 13.7. The van der Waals surface area contributed by atoms with Gasteiger partial charge in [-0.2, -0.15) is 4.39 Å². The van der Waals surface area contributed by atoms with Crippen molar-refractivity contribution in [3.05, 3.63) is 35.9 Å². The molecule has 0 aliphatic rings. The van der Waals surface area contributed by atoms with Gasteiger partial charge in [-0.1, -0.05) is 6.07 Å². The van der Waals surface area contributed by atoms with Crippen LogP contribution in [0.3, 0.4) is 0 Å². The number of rotatable bonds is 4. The fourth-order valence-corrected chi connectivity index (χ4v) is 1.15. The van der Waals surface area contributed by atoms with Crippen LogP contribution in [0, 0.1) is 5.82 Å². The van der Waals surface area contributed by atoms with Gasteiger partial charge in [0.25, 0.3) is 0 Å². The lowest BCUT2D eigenvalue weighted by Gasteiger charge is -2.09. The van der Waals surface area contributed by atoms with E-state index in [4.69, 9.17) is 9.47 Å². The average molecular weight is 240 g/mol.